The molecule has 0 aromatic heterocycles. The zero-order chi connectivity index (χ0) is 19.5. The molecule has 146 valence electrons. The molecule has 1 unspecified atom stereocenters. The van der Waals surface area contributed by atoms with Gasteiger partial charge in [0.05, 0.1) is 17.2 Å². The van der Waals surface area contributed by atoms with E-state index in [2.05, 4.69) is 5.32 Å². The largest absolute Gasteiger partial charge is 0.349 e. The molecule has 0 bridgehead atoms. The van der Waals surface area contributed by atoms with Gasteiger partial charge in [-0.15, -0.1) is 0 Å². The second kappa shape index (κ2) is 8.06. The van der Waals surface area contributed by atoms with Crippen molar-refractivity contribution in [3.8, 4) is 0 Å². The lowest BCUT2D eigenvalue weighted by molar-refractivity contribution is -0.126. The van der Waals surface area contributed by atoms with Gasteiger partial charge in [0.25, 0.3) is 0 Å². The lowest BCUT2D eigenvalue weighted by Gasteiger charge is -2.30. The molecule has 1 heterocycles. The normalized spacial score (nSPS) is 18.4. The third-order valence-electron chi connectivity index (χ3n) is 4.73. The van der Waals surface area contributed by atoms with Gasteiger partial charge in [0.2, 0.25) is 15.9 Å². The monoisotopic (exact) mass is 402 g/mol. The first-order chi connectivity index (χ1) is 12.0. The Morgan fingerprint density at radius 1 is 1.12 bits per heavy atom. The van der Waals surface area contributed by atoms with Crippen LogP contribution in [0.3, 0.4) is 0 Å². The molecule has 1 aliphatic heterocycles. The first-order valence-electron chi connectivity index (χ1n) is 8.58. The van der Waals surface area contributed by atoms with Crippen LogP contribution in [0.25, 0.3) is 0 Å². The first-order valence-corrected chi connectivity index (χ1v) is 12.3. The highest BCUT2D eigenvalue weighted by Gasteiger charge is 2.29. The maximum absolute atomic E-state index is 12.5. The van der Waals surface area contributed by atoms with E-state index < -0.39 is 19.9 Å². The number of nitrogens with zero attached hydrogens (tertiary/aromatic N) is 1. The maximum atomic E-state index is 12.5. The molecule has 0 saturated carbocycles. The van der Waals surface area contributed by atoms with Crippen LogP contribution in [0.5, 0.6) is 0 Å². The standard InChI is InChI=1S/C17H26N2O5S2/c1-4-16(13-5-7-15(8-6-13)25(2,21)22)18-17(20)14-9-11-19(12-10-14)26(3,23)24/h5-8,14,16H,4,9-12H2,1-3H3,(H,18,20). The van der Waals surface area contributed by atoms with Crippen molar-refractivity contribution in [2.45, 2.75) is 37.1 Å². The molecule has 1 aliphatic rings. The van der Waals surface area contributed by atoms with Gasteiger partial charge in [-0.1, -0.05) is 19.1 Å². The van der Waals surface area contributed by atoms with E-state index in [9.17, 15) is 21.6 Å². The molecule has 7 nitrogen and oxygen atoms in total. The minimum Gasteiger partial charge on any atom is -0.349 e. The van der Waals surface area contributed by atoms with Gasteiger partial charge in [0.1, 0.15) is 0 Å². The van der Waals surface area contributed by atoms with Crippen LogP contribution in [0.1, 0.15) is 37.8 Å². The van der Waals surface area contributed by atoms with Gasteiger partial charge < -0.3 is 5.32 Å². The Balaban J connectivity index is 2.01. The molecule has 2 rings (SSSR count). The molecule has 1 aromatic carbocycles. The predicted molar refractivity (Wildman–Crippen MR) is 99.9 cm³/mol. The molecular weight excluding hydrogens is 376 g/mol. The van der Waals surface area contributed by atoms with Crippen LogP contribution in [0.2, 0.25) is 0 Å². The van der Waals surface area contributed by atoms with Gasteiger partial charge in [-0.05, 0) is 37.0 Å². The van der Waals surface area contributed by atoms with E-state index in [1.807, 2.05) is 6.92 Å². The number of sulfone groups is 1. The van der Waals surface area contributed by atoms with E-state index in [0.717, 1.165) is 11.8 Å². The first kappa shape index (κ1) is 20.9. The van der Waals surface area contributed by atoms with Crippen LogP contribution in [-0.2, 0) is 24.7 Å². The van der Waals surface area contributed by atoms with E-state index in [4.69, 9.17) is 0 Å². The summed E-state index contributed by atoms with van der Waals surface area (Å²) in [6, 6.07) is 6.33. The number of rotatable bonds is 6. The highest BCUT2D eigenvalue weighted by atomic mass is 32.2. The summed E-state index contributed by atoms with van der Waals surface area (Å²) in [5.41, 5.74) is 0.849. The number of hydrogen-bond acceptors (Lipinski definition) is 5. The van der Waals surface area contributed by atoms with Crippen LogP contribution in [0.15, 0.2) is 29.2 Å². The quantitative estimate of drug-likeness (QED) is 0.774. The lowest BCUT2D eigenvalue weighted by atomic mass is 9.96. The van der Waals surface area contributed by atoms with Gasteiger partial charge in [-0.2, -0.15) is 0 Å². The smallest absolute Gasteiger partial charge is 0.223 e. The lowest BCUT2D eigenvalue weighted by Crippen LogP contribution is -2.43. The number of sulfonamides is 1. The van der Waals surface area contributed by atoms with Crippen LogP contribution in [-0.4, -0.2) is 52.6 Å². The van der Waals surface area contributed by atoms with Gasteiger partial charge in [0, 0.05) is 25.3 Å². The Morgan fingerprint density at radius 2 is 1.65 bits per heavy atom. The Kier molecular flexibility index (Phi) is 6.46. The van der Waals surface area contributed by atoms with Gasteiger partial charge >= 0.3 is 0 Å². The molecule has 1 aromatic rings. The number of carbonyl (C=O) groups is 1. The van der Waals surface area contributed by atoms with Gasteiger partial charge in [-0.3, -0.25) is 4.79 Å². The Bertz CT molecular complexity index is 840. The third kappa shape index (κ3) is 5.28. The maximum Gasteiger partial charge on any atom is 0.223 e. The number of piperidine rings is 1. The van der Waals surface area contributed by atoms with Gasteiger partial charge in [0.15, 0.2) is 9.84 Å². The average molecular weight is 403 g/mol. The fourth-order valence-electron chi connectivity index (χ4n) is 3.11. The summed E-state index contributed by atoms with van der Waals surface area (Å²) in [5, 5.41) is 3.01. The average Bonchev–Trinajstić information content (AvgIpc) is 2.58. The number of benzene rings is 1. The number of amides is 1. The van der Waals surface area contributed by atoms with Crippen molar-refractivity contribution >= 4 is 25.8 Å². The fourth-order valence-corrected chi connectivity index (χ4v) is 4.61. The van der Waals surface area contributed by atoms with Crippen LogP contribution >= 0.6 is 0 Å². The topological polar surface area (TPSA) is 101 Å². The molecule has 26 heavy (non-hydrogen) atoms. The molecule has 1 fully saturated rings. The van der Waals surface area contributed by atoms with Crippen molar-refractivity contribution in [3.63, 3.8) is 0 Å². The van der Waals surface area contributed by atoms with E-state index >= 15 is 0 Å². The van der Waals surface area contributed by atoms with Crippen molar-refractivity contribution in [2.24, 2.45) is 5.92 Å². The molecule has 1 N–H and O–H groups in total. The van der Waals surface area contributed by atoms with E-state index in [0.29, 0.717) is 32.4 Å². The minimum atomic E-state index is -3.25. The van der Waals surface area contributed by atoms with E-state index in [1.165, 1.54) is 10.6 Å². The minimum absolute atomic E-state index is 0.0859. The molecule has 9 heteroatoms. The summed E-state index contributed by atoms with van der Waals surface area (Å²) in [5.74, 6) is -0.297. The molecule has 0 aliphatic carbocycles. The Morgan fingerprint density at radius 3 is 2.08 bits per heavy atom. The van der Waals surface area contributed by atoms with Crippen molar-refractivity contribution in [2.75, 3.05) is 25.6 Å². The zero-order valence-corrected chi connectivity index (χ0v) is 16.9. The summed E-state index contributed by atoms with van der Waals surface area (Å²) in [6.07, 6.45) is 4.02. The summed E-state index contributed by atoms with van der Waals surface area (Å²) in [6.45, 7) is 2.66. The van der Waals surface area contributed by atoms with Crippen LogP contribution < -0.4 is 5.32 Å². The van der Waals surface area contributed by atoms with Crippen molar-refractivity contribution in [1.82, 2.24) is 9.62 Å². The van der Waals surface area contributed by atoms with Crippen molar-refractivity contribution < 1.29 is 21.6 Å². The predicted octanol–water partition coefficient (Wildman–Crippen LogP) is 1.33. The SMILES string of the molecule is CCC(NC(=O)C1CCN(S(C)(=O)=O)CC1)c1ccc(S(C)(=O)=O)cc1. The highest BCUT2D eigenvalue weighted by molar-refractivity contribution is 7.90. The summed E-state index contributed by atoms with van der Waals surface area (Å²) >= 11 is 0. The molecule has 1 saturated heterocycles. The molecule has 0 spiro atoms. The van der Waals surface area contributed by atoms with E-state index in [1.54, 1.807) is 24.3 Å². The molecular formula is C17H26N2O5S2. The third-order valence-corrected chi connectivity index (χ3v) is 7.16. The second-order valence-corrected chi connectivity index (χ2v) is 10.7. The molecule has 0 radical (unpaired) electrons. The summed E-state index contributed by atoms with van der Waals surface area (Å²) < 4.78 is 47.6. The van der Waals surface area contributed by atoms with Gasteiger partial charge in [-0.25, -0.2) is 21.1 Å². The second-order valence-electron chi connectivity index (χ2n) is 6.75. The Hall–Kier alpha value is -1.45. The van der Waals surface area contributed by atoms with Crippen LogP contribution in [0, 0.1) is 5.92 Å². The fraction of sp³-hybridized carbons (Fsp3) is 0.588. The number of nitrogens with one attached hydrogen (secondary N) is 1. The summed E-state index contributed by atoms with van der Waals surface area (Å²) in [7, 11) is -6.46. The molecule has 1 amide bonds. The number of carbonyl (C=O) groups excluding carboxylic acids is 1. The Labute approximate surface area is 155 Å². The zero-order valence-electron chi connectivity index (χ0n) is 15.3. The van der Waals surface area contributed by atoms with Crippen molar-refractivity contribution in [3.05, 3.63) is 29.8 Å². The van der Waals surface area contributed by atoms with Crippen LogP contribution in [0.4, 0.5) is 0 Å². The summed E-state index contributed by atoms with van der Waals surface area (Å²) in [4.78, 5) is 12.8. The van der Waals surface area contributed by atoms with E-state index in [-0.39, 0.29) is 22.8 Å². The highest BCUT2D eigenvalue weighted by Crippen LogP contribution is 2.23. The number of hydrogen-bond donors (Lipinski definition) is 1. The van der Waals surface area contributed by atoms with Crippen molar-refractivity contribution in [1.29, 1.82) is 0 Å². The molecule has 1 atom stereocenters.